The van der Waals surface area contributed by atoms with E-state index in [1.165, 1.54) is 0 Å². The summed E-state index contributed by atoms with van der Waals surface area (Å²) in [5.74, 6) is 0.0267. The molecule has 1 fully saturated rings. The highest BCUT2D eigenvalue weighted by molar-refractivity contribution is 6.15. The van der Waals surface area contributed by atoms with Crippen LogP contribution in [0, 0.1) is 5.92 Å². The Kier molecular flexibility index (Phi) is 1.78. The van der Waals surface area contributed by atoms with E-state index in [2.05, 4.69) is 0 Å². The molecule has 0 aliphatic heterocycles. The molecule has 2 heteroatoms. The largest absolute Gasteiger partial charge is 0.299 e. The molecule has 0 spiro atoms. The highest BCUT2D eigenvalue weighted by Crippen LogP contribution is 2.44. The summed E-state index contributed by atoms with van der Waals surface area (Å²) in [5.41, 5.74) is 1.88. The normalized spacial score (nSPS) is 28.8. The zero-order valence-electron chi connectivity index (χ0n) is 8.40. The third-order valence-electron chi connectivity index (χ3n) is 3.60. The molecule has 1 saturated carbocycles. The van der Waals surface area contributed by atoms with Crippen molar-refractivity contribution in [3.8, 4) is 0 Å². The summed E-state index contributed by atoms with van der Waals surface area (Å²) in [7, 11) is 0. The molecule has 0 bridgehead atoms. The fraction of sp³-hybridized carbons (Fsp3) is 0.385. The third-order valence-corrected chi connectivity index (χ3v) is 3.60. The summed E-state index contributed by atoms with van der Waals surface area (Å²) >= 11 is 0. The lowest BCUT2D eigenvalue weighted by molar-refractivity contribution is -0.123. The van der Waals surface area contributed by atoms with Crippen molar-refractivity contribution in [2.24, 2.45) is 5.92 Å². The van der Waals surface area contributed by atoms with Gasteiger partial charge in [-0.1, -0.05) is 24.3 Å². The van der Waals surface area contributed by atoms with E-state index in [9.17, 15) is 9.59 Å². The number of rotatable bonds is 0. The molecule has 2 aliphatic rings. The first kappa shape index (κ1) is 8.84. The molecule has 2 aliphatic carbocycles. The van der Waals surface area contributed by atoms with Gasteiger partial charge in [-0.05, 0) is 18.4 Å². The van der Waals surface area contributed by atoms with Crippen molar-refractivity contribution in [2.45, 2.75) is 25.2 Å². The topological polar surface area (TPSA) is 34.1 Å². The lowest BCUT2D eigenvalue weighted by Gasteiger charge is -2.22. The highest BCUT2D eigenvalue weighted by Gasteiger charge is 2.44. The van der Waals surface area contributed by atoms with Crippen LogP contribution in [0.1, 0.15) is 41.1 Å². The molecule has 0 heterocycles. The van der Waals surface area contributed by atoms with Gasteiger partial charge in [0, 0.05) is 17.9 Å². The zero-order valence-corrected chi connectivity index (χ0v) is 8.40. The van der Waals surface area contributed by atoms with Crippen molar-refractivity contribution in [3.05, 3.63) is 35.4 Å². The van der Waals surface area contributed by atoms with E-state index < -0.39 is 0 Å². The number of hydrogen-bond acceptors (Lipinski definition) is 2. The smallest absolute Gasteiger partial charge is 0.174 e. The van der Waals surface area contributed by atoms with Gasteiger partial charge >= 0.3 is 0 Å². The minimum Gasteiger partial charge on any atom is -0.299 e. The first-order chi connectivity index (χ1) is 7.29. The first-order valence-electron chi connectivity index (χ1n) is 5.45. The second kappa shape index (κ2) is 3.02. The van der Waals surface area contributed by atoms with Crippen molar-refractivity contribution in [1.82, 2.24) is 0 Å². The molecule has 3 rings (SSSR count). The van der Waals surface area contributed by atoms with Crippen LogP contribution >= 0.6 is 0 Å². The van der Waals surface area contributed by atoms with Gasteiger partial charge < -0.3 is 0 Å². The highest BCUT2D eigenvalue weighted by atomic mass is 16.2. The number of carbonyl (C=O) groups is 2. The number of hydrogen-bond donors (Lipinski definition) is 0. The Balaban J connectivity index is 2.14. The molecule has 0 radical (unpaired) electrons. The van der Waals surface area contributed by atoms with Gasteiger partial charge in [-0.2, -0.15) is 0 Å². The second-order valence-electron chi connectivity index (χ2n) is 4.39. The van der Waals surface area contributed by atoms with Crippen LogP contribution < -0.4 is 0 Å². The zero-order chi connectivity index (χ0) is 10.4. The van der Waals surface area contributed by atoms with Gasteiger partial charge in [-0.3, -0.25) is 9.59 Å². The molecule has 1 aromatic carbocycles. The van der Waals surface area contributed by atoms with Crippen LogP contribution in [-0.2, 0) is 4.79 Å². The van der Waals surface area contributed by atoms with Gasteiger partial charge in [0.25, 0.3) is 0 Å². The quantitative estimate of drug-likeness (QED) is 0.602. The molecule has 0 unspecified atom stereocenters. The monoisotopic (exact) mass is 200 g/mol. The number of benzene rings is 1. The van der Waals surface area contributed by atoms with E-state index in [0.717, 1.165) is 24.0 Å². The van der Waals surface area contributed by atoms with Crippen LogP contribution in [0.2, 0.25) is 0 Å². The van der Waals surface area contributed by atoms with Crippen molar-refractivity contribution < 1.29 is 9.59 Å². The molecule has 76 valence electrons. The summed E-state index contributed by atoms with van der Waals surface area (Å²) in [6.45, 7) is 0. The van der Waals surface area contributed by atoms with E-state index in [1.54, 1.807) is 0 Å². The van der Waals surface area contributed by atoms with Crippen LogP contribution in [0.4, 0.5) is 0 Å². The average molecular weight is 200 g/mol. The van der Waals surface area contributed by atoms with Crippen LogP contribution in [0.15, 0.2) is 24.3 Å². The van der Waals surface area contributed by atoms with Crippen molar-refractivity contribution in [1.29, 1.82) is 0 Å². The van der Waals surface area contributed by atoms with Crippen molar-refractivity contribution in [2.75, 3.05) is 0 Å². The molecule has 0 aromatic heterocycles. The second-order valence-corrected chi connectivity index (χ2v) is 4.39. The van der Waals surface area contributed by atoms with Gasteiger partial charge in [0.05, 0.1) is 5.92 Å². The summed E-state index contributed by atoms with van der Waals surface area (Å²) in [4.78, 5) is 23.8. The number of ketones is 2. The van der Waals surface area contributed by atoms with Gasteiger partial charge in [-0.15, -0.1) is 0 Å². The Bertz CT molecular complexity index is 448. The van der Waals surface area contributed by atoms with Crippen LogP contribution in [-0.4, -0.2) is 11.6 Å². The maximum absolute atomic E-state index is 12.0. The Morgan fingerprint density at radius 2 is 1.93 bits per heavy atom. The number of Topliss-reactive ketones (excluding diaryl/α,β-unsaturated/α-hetero) is 2. The lowest BCUT2D eigenvalue weighted by atomic mass is 9.78. The number of fused-ring (bicyclic) bond motifs is 3. The molecule has 0 amide bonds. The molecule has 1 aromatic rings. The van der Waals surface area contributed by atoms with Crippen LogP contribution in [0.3, 0.4) is 0 Å². The number of carbonyl (C=O) groups excluding carboxylic acids is 2. The standard InChI is InChI=1S/C13H12O2/c14-11-7-3-6-9-8-4-1-2-5-10(8)13(15)12(9)11/h1-2,4-5,9,12H,3,6-7H2/t9-,12+/m0/s1. The van der Waals surface area contributed by atoms with E-state index in [-0.39, 0.29) is 23.4 Å². The lowest BCUT2D eigenvalue weighted by Crippen LogP contribution is -2.27. The summed E-state index contributed by atoms with van der Waals surface area (Å²) < 4.78 is 0. The molecular weight excluding hydrogens is 188 g/mol. The van der Waals surface area contributed by atoms with Crippen molar-refractivity contribution in [3.63, 3.8) is 0 Å². The molecule has 2 nitrogen and oxygen atoms in total. The Morgan fingerprint density at radius 1 is 1.13 bits per heavy atom. The molecular formula is C13H12O2. The summed E-state index contributed by atoms with van der Waals surface area (Å²) in [6.07, 6.45) is 2.50. The first-order valence-corrected chi connectivity index (χ1v) is 5.45. The fourth-order valence-electron chi connectivity index (χ4n) is 2.92. The van der Waals surface area contributed by atoms with Crippen molar-refractivity contribution >= 4 is 11.6 Å². The molecule has 0 saturated heterocycles. The minimum atomic E-state index is -0.351. The predicted molar refractivity (Wildman–Crippen MR) is 55.9 cm³/mol. The maximum Gasteiger partial charge on any atom is 0.174 e. The van der Waals surface area contributed by atoms with Gasteiger partial charge in [0.1, 0.15) is 5.78 Å². The summed E-state index contributed by atoms with van der Waals surface area (Å²) in [6, 6.07) is 7.67. The maximum atomic E-state index is 12.0. The fourth-order valence-corrected chi connectivity index (χ4v) is 2.92. The van der Waals surface area contributed by atoms with Gasteiger partial charge in [-0.25, -0.2) is 0 Å². The SMILES string of the molecule is O=C1CCC[C@H]2c3ccccc3C(=O)[C@@H]12. The van der Waals surface area contributed by atoms with E-state index in [1.807, 2.05) is 24.3 Å². The summed E-state index contributed by atoms with van der Waals surface area (Å²) in [5, 5.41) is 0. The third kappa shape index (κ3) is 1.11. The minimum absolute atomic E-state index is 0.0558. The van der Waals surface area contributed by atoms with Gasteiger partial charge in [0.15, 0.2) is 5.78 Å². The van der Waals surface area contributed by atoms with E-state index in [4.69, 9.17) is 0 Å². The van der Waals surface area contributed by atoms with Gasteiger partial charge in [0.2, 0.25) is 0 Å². The Hall–Kier alpha value is -1.44. The Labute approximate surface area is 88.3 Å². The molecule has 2 atom stereocenters. The van der Waals surface area contributed by atoms with E-state index >= 15 is 0 Å². The Morgan fingerprint density at radius 3 is 2.80 bits per heavy atom. The predicted octanol–water partition coefficient (Wildman–Crippen LogP) is 2.34. The van der Waals surface area contributed by atoms with E-state index in [0.29, 0.717) is 6.42 Å². The van der Waals surface area contributed by atoms with Crippen LogP contribution in [0.25, 0.3) is 0 Å². The van der Waals surface area contributed by atoms with Crippen LogP contribution in [0.5, 0.6) is 0 Å². The average Bonchev–Trinajstić information content (AvgIpc) is 2.55. The molecule has 0 N–H and O–H groups in total. The molecule has 15 heavy (non-hydrogen) atoms.